The molecule has 1 aromatic rings. The van der Waals surface area contributed by atoms with Gasteiger partial charge < -0.3 is 10.4 Å². The molecule has 1 rings (SSSR count). The third-order valence-corrected chi connectivity index (χ3v) is 2.07. The number of hydrogen-bond acceptors (Lipinski definition) is 3. The van der Waals surface area contributed by atoms with Crippen molar-refractivity contribution in [3.8, 4) is 0 Å². The fourth-order valence-electron chi connectivity index (χ4n) is 1.24. The van der Waals surface area contributed by atoms with Gasteiger partial charge in [0.05, 0.1) is 6.61 Å². The van der Waals surface area contributed by atoms with Crippen molar-refractivity contribution in [2.45, 2.75) is 6.18 Å². The summed E-state index contributed by atoms with van der Waals surface area (Å²) in [4.78, 5) is 11.6. The van der Waals surface area contributed by atoms with Crippen molar-refractivity contribution in [3.05, 3.63) is 47.7 Å². The Labute approximate surface area is 102 Å². The molecule has 98 valence electrons. The Hall–Kier alpha value is -1.82. The lowest BCUT2D eigenvalue weighted by Gasteiger charge is -2.13. The Morgan fingerprint density at radius 3 is 2.39 bits per heavy atom. The lowest BCUT2D eigenvalue weighted by Crippen LogP contribution is -2.29. The number of rotatable bonds is 5. The third-order valence-electron chi connectivity index (χ3n) is 2.07. The maximum Gasteiger partial charge on any atom is 0.431 e. The molecule has 0 spiro atoms. The molecular weight excluding hydrogens is 247 g/mol. The summed E-state index contributed by atoms with van der Waals surface area (Å²) < 4.78 is 37.7. The van der Waals surface area contributed by atoms with Gasteiger partial charge in [0.2, 0.25) is 0 Å². The number of aliphatic hydroxyl groups is 1. The Morgan fingerprint density at radius 1 is 1.28 bits per heavy atom. The molecule has 1 aromatic carbocycles. The molecule has 2 N–H and O–H groups in total. The van der Waals surface area contributed by atoms with Gasteiger partial charge in [0.1, 0.15) is 5.70 Å². The Morgan fingerprint density at radius 2 is 1.89 bits per heavy atom. The molecule has 0 radical (unpaired) electrons. The van der Waals surface area contributed by atoms with Crippen molar-refractivity contribution < 1.29 is 23.1 Å². The summed E-state index contributed by atoms with van der Waals surface area (Å²) in [7, 11) is 0. The normalized spacial score (nSPS) is 12.3. The molecule has 0 aliphatic carbocycles. The number of ketones is 1. The molecule has 0 heterocycles. The molecule has 3 nitrogen and oxygen atoms in total. The Bertz CT molecular complexity index is 427. The molecule has 0 aliphatic heterocycles. The zero-order valence-electron chi connectivity index (χ0n) is 9.37. The van der Waals surface area contributed by atoms with Crippen molar-refractivity contribution in [1.29, 1.82) is 0 Å². The van der Waals surface area contributed by atoms with E-state index in [0.717, 1.165) is 0 Å². The summed E-state index contributed by atoms with van der Waals surface area (Å²) in [5, 5.41) is 10.5. The first-order chi connectivity index (χ1) is 8.45. The van der Waals surface area contributed by atoms with Crippen molar-refractivity contribution in [1.82, 2.24) is 5.32 Å². The van der Waals surface area contributed by atoms with E-state index < -0.39 is 24.3 Å². The van der Waals surface area contributed by atoms with Crippen LogP contribution in [0.5, 0.6) is 0 Å². The van der Waals surface area contributed by atoms with E-state index >= 15 is 0 Å². The lowest BCUT2D eigenvalue weighted by atomic mass is 10.1. The van der Waals surface area contributed by atoms with Crippen molar-refractivity contribution in [3.63, 3.8) is 0 Å². The number of alkyl halides is 3. The molecule has 6 heteroatoms. The molecule has 0 aliphatic rings. The highest BCUT2D eigenvalue weighted by molar-refractivity contribution is 6.04. The molecule has 0 unspecified atom stereocenters. The van der Waals surface area contributed by atoms with Crippen LogP contribution in [-0.2, 0) is 0 Å². The SMILES string of the molecule is O=C(/C=C(\NCCO)C(F)(F)F)c1ccccc1. The van der Waals surface area contributed by atoms with Crippen LogP contribution in [0.25, 0.3) is 0 Å². The molecule has 0 fully saturated rings. The fourth-order valence-corrected chi connectivity index (χ4v) is 1.24. The second kappa shape index (κ2) is 6.20. The molecule has 0 saturated carbocycles. The summed E-state index contributed by atoms with van der Waals surface area (Å²) in [5.74, 6) is -0.742. The summed E-state index contributed by atoms with van der Waals surface area (Å²) in [5.41, 5.74) is -0.990. The number of nitrogens with one attached hydrogen (secondary N) is 1. The molecular formula is C12H12F3NO2. The van der Waals surface area contributed by atoms with E-state index in [2.05, 4.69) is 0 Å². The smallest absolute Gasteiger partial charge is 0.395 e. The quantitative estimate of drug-likeness (QED) is 0.627. The maximum atomic E-state index is 12.6. The van der Waals surface area contributed by atoms with Crippen LogP contribution in [-0.4, -0.2) is 30.2 Å². The minimum atomic E-state index is -4.65. The summed E-state index contributed by atoms with van der Waals surface area (Å²) in [6.07, 6.45) is -4.16. The van der Waals surface area contributed by atoms with E-state index in [-0.39, 0.29) is 12.1 Å². The molecule has 0 atom stereocenters. The first kappa shape index (κ1) is 14.2. The van der Waals surface area contributed by atoms with Crippen LogP contribution in [0.15, 0.2) is 42.1 Å². The van der Waals surface area contributed by atoms with Gasteiger partial charge in [-0.15, -0.1) is 0 Å². The summed E-state index contributed by atoms with van der Waals surface area (Å²) >= 11 is 0. The van der Waals surface area contributed by atoms with Gasteiger partial charge in [-0.25, -0.2) is 0 Å². The minimum Gasteiger partial charge on any atom is -0.395 e. The second-order valence-corrected chi connectivity index (χ2v) is 3.44. The van der Waals surface area contributed by atoms with E-state index in [0.29, 0.717) is 6.08 Å². The highest BCUT2D eigenvalue weighted by Crippen LogP contribution is 2.23. The average molecular weight is 259 g/mol. The van der Waals surface area contributed by atoms with Gasteiger partial charge in [0.15, 0.2) is 5.78 Å². The Balaban J connectivity index is 2.91. The van der Waals surface area contributed by atoms with Crippen LogP contribution in [0, 0.1) is 0 Å². The highest BCUT2D eigenvalue weighted by atomic mass is 19.4. The average Bonchev–Trinajstić information content (AvgIpc) is 2.34. The molecule has 0 amide bonds. The van der Waals surface area contributed by atoms with E-state index in [1.807, 2.05) is 5.32 Å². The molecule has 18 heavy (non-hydrogen) atoms. The topological polar surface area (TPSA) is 49.3 Å². The van der Waals surface area contributed by atoms with Crippen molar-refractivity contribution in [2.24, 2.45) is 0 Å². The zero-order chi connectivity index (χ0) is 13.6. The van der Waals surface area contributed by atoms with Crippen molar-refractivity contribution >= 4 is 5.78 Å². The molecule has 0 aromatic heterocycles. The first-order valence-electron chi connectivity index (χ1n) is 5.18. The predicted octanol–water partition coefficient (Wildman–Crippen LogP) is 1.90. The van der Waals surface area contributed by atoms with Crippen molar-refractivity contribution in [2.75, 3.05) is 13.2 Å². The van der Waals surface area contributed by atoms with E-state index in [9.17, 15) is 18.0 Å². The summed E-state index contributed by atoms with van der Waals surface area (Å²) in [6.45, 7) is -0.722. The standard InChI is InChI=1S/C12H12F3NO2/c13-12(14,15)11(16-6-7-17)8-10(18)9-4-2-1-3-5-9/h1-5,8,16-17H,6-7H2/b11-8-. The van der Waals surface area contributed by atoms with Crippen LogP contribution in [0.2, 0.25) is 0 Å². The van der Waals surface area contributed by atoms with E-state index in [1.54, 1.807) is 18.2 Å². The van der Waals surface area contributed by atoms with Crippen LogP contribution in [0.4, 0.5) is 13.2 Å². The van der Waals surface area contributed by atoms with Gasteiger partial charge in [-0.1, -0.05) is 30.3 Å². The lowest BCUT2D eigenvalue weighted by molar-refractivity contribution is -0.0969. The minimum absolute atomic E-state index is 0.171. The largest absolute Gasteiger partial charge is 0.431 e. The number of hydrogen-bond donors (Lipinski definition) is 2. The predicted molar refractivity (Wildman–Crippen MR) is 60.0 cm³/mol. The fraction of sp³-hybridized carbons (Fsp3) is 0.250. The van der Waals surface area contributed by atoms with Crippen LogP contribution in [0.3, 0.4) is 0 Å². The number of benzene rings is 1. The van der Waals surface area contributed by atoms with Gasteiger partial charge in [-0.05, 0) is 0 Å². The number of carbonyl (C=O) groups is 1. The monoisotopic (exact) mass is 259 g/mol. The Kier molecular flexibility index (Phi) is 4.91. The highest BCUT2D eigenvalue weighted by Gasteiger charge is 2.34. The van der Waals surface area contributed by atoms with Gasteiger partial charge in [-0.3, -0.25) is 4.79 Å². The van der Waals surface area contributed by atoms with Crippen LogP contribution in [0.1, 0.15) is 10.4 Å². The van der Waals surface area contributed by atoms with Gasteiger partial charge >= 0.3 is 6.18 Å². The second-order valence-electron chi connectivity index (χ2n) is 3.44. The van der Waals surface area contributed by atoms with Gasteiger partial charge in [0.25, 0.3) is 0 Å². The van der Waals surface area contributed by atoms with Gasteiger partial charge in [-0.2, -0.15) is 13.2 Å². The van der Waals surface area contributed by atoms with E-state index in [4.69, 9.17) is 5.11 Å². The van der Waals surface area contributed by atoms with Crippen LogP contribution < -0.4 is 5.32 Å². The number of halogens is 3. The molecule has 0 saturated heterocycles. The van der Waals surface area contributed by atoms with Gasteiger partial charge in [0, 0.05) is 18.2 Å². The third kappa shape index (κ3) is 4.21. The number of carbonyl (C=O) groups excluding carboxylic acids is 1. The number of aliphatic hydroxyl groups excluding tert-OH is 1. The first-order valence-corrected chi connectivity index (χ1v) is 5.18. The zero-order valence-corrected chi connectivity index (χ0v) is 9.37. The summed E-state index contributed by atoms with van der Waals surface area (Å²) in [6, 6.07) is 7.65. The van der Waals surface area contributed by atoms with Crippen LogP contribution >= 0.6 is 0 Å². The molecule has 0 bridgehead atoms. The number of allylic oxidation sites excluding steroid dienone is 2. The van der Waals surface area contributed by atoms with E-state index in [1.165, 1.54) is 12.1 Å². The maximum absolute atomic E-state index is 12.6.